The Balaban J connectivity index is 1.38. The number of nitrogens with one attached hydrogen (secondary N) is 2. The number of fused-ring (bicyclic) bond motifs is 1. The fourth-order valence-corrected chi connectivity index (χ4v) is 4.81. The van der Waals surface area contributed by atoms with E-state index in [-0.39, 0.29) is 17.6 Å². The van der Waals surface area contributed by atoms with Gasteiger partial charge in [-0.2, -0.15) is 0 Å². The van der Waals surface area contributed by atoms with Gasteiger partial charge in [-0.05, 0) is 36.4 Å². The highest BCUT2D eigenvalue weighted by Crippen LogP contribution is 2.30. The average molecular weight is 520 g/mol. The van der Waals surface area contributed by atoms with E-state index >= 15 is 0 Å². The van der Waals surface area contributed by atoms with Crippen LogP contribution in [0.25, 0.3) is 10.9 Å². The molecule has 0 saturated carbocycles. The minimum absolute atomic E-state index is 0.0998. The van der Waals surface area contributed by atoms with Gasteiger partial charge in [0.15, 0.2) is 11.5 Å². The summed E-state index contributed by atoms with van der Waals surface area (Å²) in [6.07, 6.45) is 2.02. The average Bonchev–Trinajstić information content (AvgIpc) is 3.29. The molecule has 0 aliphatic rings. The Kier molecular flexibility index (Phi) is 8.58. The van der Waals surface area contributed by atoms with Crippen molar-refractivity contribution in [2.45, 2.75) is 11.4 Å². The summed E-state index contributed by atoms with van der Waals surface area (Å²) in [5.74, 6) is 1.73. The second-order valence-corrected chi connectivity index (χ2v) is 9.12. The number of ether oxygens (including phenoxy) is 3. The zero-order chi connectivity index (χ0) is 26.2. The summed E-state index contributed by atoms with van der Waals surface area (Å²) in [4.78, 5) is 26.2. The normalized spacial score (nSPS) is 10.7. The molecule has 0 aliphatic heterocycles. The number of aromatic nitrogens is 1. The molecule has 0 bridgehead atoms. The van der Waals surface area contributed by atoms with E-state index in [9.17, 15) is 9.59 Å². The highest BCUT2D eigenvalue weighted by atomic mass is 32.2. The molecule has 0 fully saturated rings. The molecule has 0 saturated heterocycles. The van der Waals surface area contributed by atoms with Gasteiger partial charge in [0, 0.05) is 52.4 Å². The summed E-state index contributed by atoms with van der Waals surface area (Å²) in [5.41, 5.74) is 2.23. The van der Waals surface area contributed by atoms with Crippen LogP contribution in [-0.4, -0.2) is 50.0 Å². The summed E-state index contributed by atoms with van der Waals surface area (Å²) in [7, 11) is 4.68. The molecule has 1 heterocycles. The molecule has 0 aliphatic carbocycles. The standard InChI is InChI=1S/C28H29N3O5S/c1-34-21-8-6-7-20(16-21)30-27(32)18-37-26-17-31(23-10-5-4-9-22(23)26)14-13-29-28(33)19-11-12-24(35-2)25(15-19)36-3/h4-12,15-17H,13-14,18H2,1-3H3,(H,29,33)(H,30,32). The molecule has 0 radical (unpaired) electrons. The minimum atomic E-state index is -0.193. The molecule has 37 heavy (non-hydrogen) atoms. The minimum Gasteiger partial charge on any atom is -0.497 e. The molecule has 2 amide bonds. The maximum atomic E-state index is 12.7. The van der Waals surface area contributed by atoms with E-state index in [0.717, 1.165) is 15.8 Å². The number of methoxy groups -OCH3 is 3. The van der Waals surface area contributed by atoms with E-state index < -0.39 is 0 Å². The summed E-state index contributed by atoms with van der Waals surface area (Å²) >= 11 is 1.48. The van der Waals surface area contributed by atoms with E-state index in [2.05, 4.69) is 15.2 Å². The van der Waals surface area contributed by atoms with Gasteiger partial charge in [0.25, 0.3) is 5.91 Å². The number of thioether (sulfide) groups is 1. The molecule has 192 valence electrons. The molecule has 0 atom stereocenters. The van der Waals surface area contributed by atoms with Crippen LogP contribution >= 0.6 is 11.8 Å². The van der Waals surface area contributed by atoms with Crippen molar-refractivity contribution in [2.75, 3.05) is 38.9 Å². The third kappa shape index (κ3) is 6.37. The number of carbonyl (C=O) groups excluding carboxylic acids is 2. The third-order valence-electron chi connectivity index (χ3n) is 5.75. The van der Waals surface area contributed by atoms with Crippen LogP contribution in [-0.2, 0) is 11.3 Å². The van der Waals surface area contributed by atoms with Crippen molar-refractivity contribution in [3.05, 3.63) is 78.5 Å². The molecule has 9 heteroatoms. The molecular weight excluding hydrogens is 490 g/mol. The van der Waals surface area contributed by atoms with Gasteiger partial charge in [-0.25, -0.2) is 0 Å². The molecule has 4 aromatic rings. The lowest BCUT2D eigenvalue weighted by Gasteiger charge is -2.10. The maximum absolute atomic E-state index is 12.7. The van der Waals surface area contributed by atoms with Gasteiger partial charge in [0.2, 0.25) is 5.91 Å². The predicted octanol–water partition coefficient (Wildman–Crippen LogP) is 4.83. The first-order valence-electron chi connectivity index (χ1n) is 11.7. The summed E-state index contributed by atoms with van der Waals surface area (Å²) in [6, 6.07) is 20.4. The van der Waals surface area contributed by atoms with Gasteiger partial charge < -0.3 is 29.4 Å². The molecule has 1 aromatic heterocycles. The van der Waals surface area contributed by atoms with E-state index in [1.165, 1.54) is 18.9 Å². The van der Waals surface area contributed by atoms with Crippen molar-refractivity contribution < 1.29 is 23.8 Å². The maximum Gasteiger partial charge on any atom is 0.251 e. The van der Waals surface area contributed by atoms with Crippen LogP contribution in [0.2, 0.25) is 0 Å². The van der Waals surface area contributed by atoms with Crippen molar-refractivity contribution in [2.24, 2.45) is 0 Å². The Bertz CT molecular complexity index is 1400. The van der Waals surface area contributed by atoms with Crippen molar-refractivity contribution in [1.29, 1.82) is 0 Å². The number of nitrogens with zero attached hydrogens (tertiary/aromatic N) is 1. The fourth-order valence-electron chi connectivity index (χ4n) is 3.92. The van der Waals surface area contributed by atoms with Crippen molar-refractivity contribution in [1.82, 2.24) is 9.88 Å². The van der Waals surface area contributed by atoms with E-state index in [4.69, 9.17) is 14.2 Å². The zero-order valence-corrected chi connectivity index (χ0v) is 21.8. The number of carbonyl (C=O) groups is 2. The SMILES string of the molecule is COc1cccc(NC(=O)CSc2cn(CCNC(=O)c3ccc(OC)c(OC)c3)c3ccccc23)c1. The topological polar surface area (TPSA) is 90.8 Å². The fraction of sp³-hybridized carbons (Fsp3) is 0.214. The summed E-state index contributed by atoms with van der Waals surface area (Å²) < 4.78 is 17.8. The largest absolute Gasteiger partial charge is 0.497 e. The Labute approximate surface area is 219 Å². The molecule has 8 nitrogen and oxygen atoms in total. The molecular formula is C28H29N3O5S. The van der Waals surface area contributed by atoms with Gasteiger partial charge in [-0.15, -0.1) is 11.8 Å². The van der Waals surface area contributed by atoms with Crippen LogP contribution in [0.3, 0.4) is 0 Å². The molecule has 2 N–H and O–H groups in total. The highest BCUT2D eigenvalue weighted by Gasteiger charge is 2.13. The van der Waals surface area contributed by atoms with Gasteiger partial charge in [-0.1, -0.05) is 24.3 Å². The van der Waals surface area contributed by atoms with Crippen LogP contribution < -0.4 is 24.8 Å². The van der Waals surface area contributed by atoms with Crippen LogP contribution in [0.4, 0.5) is 5.69 Å². The number of hydrogen-bond donors (Lipinski definition) is 2. The second-order valence-electron chi connectivity index (χ2n) is 8.10. The monoisotopic (exact) mass is 519 g/mol. The first-order valence-corrected chi connectivity index (χ1v) is 12.7. The van der Waals surface area contributed by atoms with Gasteiger partial charge in [0.05, 0.1) is 27.1 Å². The first-order chi connectivity index (χ1) is 18.0. The summed E-state index contributed by atoms with van der Waals surface area (Å²) in [5, 5.41) is 6.93. The number of anilines is 1. The molecule has 0 spiro atoms. The third-order valence-corrected chi connectivity index (χ3v) is 6.79. The highest BCUT2D eigenvalue weighted by molar-refractivity contribution is 8.00. The molecule has 3 aromatic carbocycles. The van der Waals surface area contributed by atoms with Crippen LogP contribution in [0.1, 0.15) is 10.4 Å². The number of hydrogen-bond acceptors (Lipinski definition) is 6. The molecule has 4 rings (SSSR count). The number of amides is 2. The second kappa shape index (κ2) is 12.2. The summed E-state index contributed by atoms with van der Waals surface area (Å²) in [6.45, 7) is 1.02. The Morgan fingerprint density at radius 1 is 0.892 bits per heavy atom. The number of rotatable bonds is 11. The van der Waals surface area contributed by atoms with Crippen LogP contribution in [0, 0.1) is 0 Å². The number of benzene rings is 3. The van der Waals surface area contributed by atoms with Gasteiger partial charge >= 0.3 is 0 Å². The van der Waals surface area contributed by atoms with Crippen molar-refractivity contribution >= 4 is 40.2 Å². The van der Waals surface area contributed by atoms with Crippen LogP contribution in [0.15, 0.2) is 77.8 Å². The first kappa shape index (κ1) is 26.0. The predicted molar refractivity (Wildman–Crippen MR) is 146 cm³/mol. The smallest absolute Gasteiger partial charge is 0.251 e. The Morgan fingerprint density at radius 2 is 1.70 bits per heavy atom. The lowest BCUT2D eigenvalue weighted by Crippen LogP contribution is -2.27. The van der Waals surface area contributed by atoms with E-state index in [1.807, 2.05) is 48.7 Å². The van der Waals surface area contributed by atoms with Gasteiger partial charge in [-0.3, -0.25) is 9.59 Å². The van der Waals surface area contributed by atoms with E-state index in [0.29, 0.717) is 41.6 Å². The lowest BCUT2D eigenvalue weighted by molar-refractivity contribution is -0.113. The number of para-hydroxylation sites is 1. The van der Waals surface area contributed by atoms with E-state index in [1.54, 1.807) is 38.5 Å². The lowest BCUT2D eigenvalue weighted by atomic mass is 10.2. The Morgan fingerprint density at radius 3 is 2.49 bits per heavy atom. The Hall–Kier alpha value is -4.11. The van der Waals surface area contributed by atoms with Crippen molar-refractivity contribution in [3.8, 4) is 17.2 Å². The van der Waals surface area contributed by atoms with Gasteiger partial charge in [0.1, 0.15) is 5.75 Å². The zero-order valence-electron chi connectivity index (χ0n) is 20.9. The van der Waals surface area contributed by atoms with Crippen LogP contribution in [0.5, 0.6) is 17.2 Å². The van der Waals surface area contributed by atoms with Crippen molar-refractivity contribution in [3.63, 3.8) is 0 Å². The quantitative estimate of drug-likeness (QED) is 0.276. The molecule has 0 unspecified atom stereocenters.